The van der Waals surface area contributed by atoms with E-state index in [1.807, 2.05) is 0 Å². The van der Waals surface area contributed by atoms with Crippen LogP contribution in [-0.2, 0) is 0 Å². The van der Waals surface area contributed by atoms with E-state index >= 15 is 0 Å². The highest BCUT2D eigenvalue weighted by Crippen LogP contribution is 1.98. The van der Waals surface area contributed by atoms with Crippen molar-refractivity contribution in [3.05, 3.63) is 76.8 Å². The fourth-order valence-electron chi connectivity index (χ4n) is 1.96. The van der Waals surface area contributed by atoms with Crippen LogP contribution in [-0.4, -0.2) is 10.2 Å². The standard InChI is InChI=1S/C14H8O6/c15-5-7-9(17)1-3-11-13(7)20-12-4-2-10(18)8(6-16)14(12)19-11/h1-6,15-16H/b7-5-,8-6-. The highest BCUT2D eigenvalue weighted by atomic mass is 16.4. The molecule has 20 heavy (non-hydrogen) atoms. The van der Waals surface area contributed by atoms with Gasteiger partial charge in [-0.1, -0.05) is 0 Å². The van der Waals surface area contributed by atoms with Crippen LogP contribution in [0.4, 0.5) is 0 Å². The molecule has 0 saturated carbocycles. The van der Waals surface area contributed by atoms with Gasteiger partial charge in [-0.15, -0.1) is 0 Å². The van der Waals surface area contributed by atoms with Gasteiger partial charge in [0.1, 0.15) is 10.4 Å². The minimum atomic E-state index is -0.423. The molecule has 1 heterocycles. The van der Waals surface area contributed by atoms with Crippen molar-refractivity contribution >= 4 is 12.5 Å². The molecule has 2 aliphatic carbocycles. The van der Waals surface area contributed by atoms with E-state index in [9.17, 15) is 9.59 Å². The van der Waals surface area contributed by atoms with Gasteiger partial charge in [0, 0.05) is 0 Å². The van der Waals surface area contributed by atoms with Crippen molar-refractivity contribution in [2.24, 2.45) is 0 Å². The maximum atomic E-state index is 11.6. The maximum absolute atomic E-state index is 11.6. The molecule has 0 amide bonds. The van der Waals surface area contributed by atoms with E-state index in [0.717, 1.165) is 0 Å². The average Bonchev–Trinajstić information content (AvgIpc) is 2.45. The second kappa shape index (κ2) is 4.27. The molecule has 0 aromatic rings. The van der Waals surface area contributed by atoms with E-state index in [1.165, 1.54) is 24.3 Å². The molecular weight excluding hydrogens is 264 g/mol. The molecule has 3 aliphatic rings. The van der Waals surface area contributed by atoms with Gasteiger partial charge in [0.25, 0.3) is 0 Å². The molecule has 100 valence electrons. The van der Waals surface area contributed by atoms with Gasteiger partial charge in [-0.05, 0) is 24.3 Å². The van der Waals surface area contributed by atoms with Crippen LogP contribution >= 0.6 is 0 Å². The zero-order valence-electron chi connectivity index (χ0n) is 9.99. The van der Waals surface area contributed by atoms with E-state index in [4.69, 9.17) is 19.0 Å². The fourth-order valence-corrected chi connectivity index (χ4v) is 1.96. The van der Waals surface area contributed by atoms with Crippen molar-refractivity contribution < 1.29 is 19.0 Å². The molecule has 3 rings (SSSR count). The first-order valence-corrected chi connectivity index (χ1v) is 5.64. The Labute approximate surface area is 109 Å². The molecule has 0 aromatic carbocycles. The molecule has 0 bridgehead atoms. The zero-order valence-corrected chi connectivity index (χ0v) is 9.99. The first-order chi connectivity index (χ1) is 9.65. The summed E-state index contributed by atoms with van der Waals surface area (Å²) in [5, 5.41) is 18.1. The monoisotopic (exact) mass is 272 g/mol. The van der Waals surface area contributed by atoms with Crippen LogP contribution in [0.15, 0.2) is 42.7 Å². The normalized spacial score (nSPS) is 13.4. The Bertz CT molecular complexity index is 1060. The van der Waals surface area contributed by atoms with Gasteiger partial charge in [0.05, 0.1) is 12.5 Å². The molecule has 0 radical (unpaired) electrons. The van der Waals surface area contributed by atoms with Crippen LogP contribution < -0.4 is 21.3 Å². The minimum absolute atomic E-state index is 0.0473. The number of hydrogen-bond acceptors (Lipinski definition) is 6. The maximum Gasteiger partial charge on any atom is 0.192 e. The predicted molar refractivity (Wildman–Crippen MR) is 67.6 cm³/mol. The van der Waals surface area contributed by atoms with Gasteiger partial charge in [0.2, 0.25) is 0 Å². The molecule has 6 nitrogen and oxygen atoms in total. The molecular formula is C14H8O6. The van der Waals surface area contributed by atoms with Gasteiger partial charge < -0.3 is 19.0 Å². The van der Waals surface area contributed by atoms with E-state index < -0.39 is 10.9 Å². The third kappa shape index (κ3) is 1.58. The van der Waals surface area contributed by atoms with Crippen LogP contribution in [0.25, 0.3) is 12.5 Å². The summed E-state index contributed by atoms with van der Waals surface area (Å²) in [7, 11) is 0. The molecule has 0 aromatic heterocycles. The fraction of sp³-hybridized carbons (Fsp3) is 0. The average molecular weight is 272 g/mol. The lowest BCUT2D eigenvalue weighted by Crippen LogP contribution is -2.27. The first-order valence-electron chi connectivity index (χ1n) is 5.64. The summed E-state index contributed by atoms with van der Waals surface area (Å²) in [4.78, 5) is 23.2. The Morgan fingerprint density at radius 1 is 0.750 bits per heavy atom. The van der Waals surface area contributed by atoms with Crippen molar-refractivity contribution in [3.8, 4) is 0 Å². The molecule has 0 atom stereocenters. The summed E-state index contributed by atoms with van der Waals surface area (Å²) < 4.78 is 11.0. The lowest BCUT2D eigenvalue weighted by molar-refractivity contribution is 0.372. The molecule has 0 unspecified atom stereocenters. The lowest BCUT2D eigenvalue weighted by Gasteiger charge is -1.96. The van der Waals surface area contributed by atoms with Crippen LogP contribution in [0, 0.1) is 21.7 Å². The summed E-state index contributed by atoms with van der Waals surface area (Å²) in [6, 6.07) is 5.15. The third-order valence-electron chi connectivity index (χ3n) is 2.92. The van der Waals surface area contributed by atoms with Crippen LogP contribution in [0.3, 0.4) is 0 Å². The van der Waals surface area contributed by atoms with Crippen molar-refractivity contribution in [2.45, 2.75) is 0 Å². The molecule has 2 N–H and O–H groups in total. The van der Waals surface area contributed by atoms with Gasteiger partial charge in [0.15, 0.2) is 32.5 Å². The quantitative estimate of drug-likeness (QED) is 0.579. The summed E-state index contributed by atoms with van der Waals surface area (Å²) in [5.41, 5.74) is -0.373. The Morgan fingerprint density at radius 3 is 1.50 bits per heavy atom. The topological polar surface area (TPSA) is 101 Å². The van der Waals surface area contributed by atoms with Crippen LogP contribution in [0.5, 0.6) is 0 Å². The molecule has 0 saturated heterocycles. The van der Waals surface area contributed by atoms with Gasteiger partial charge in [-0.25, -0.2) is 0 Å². The Balaban J connectivity index is 2.77. The SMILES string of the molecule is O=c1ccc2oc3/c(=C\O)c(=O)ccc=3oc=2/c1=C\O. The van der Waals surface area contributed by atoms with E-state index in [-0.39, 0.29) is 32.1 Å². The summed E-state index contributed by atoms with van der Waals surface area (Å²) in [5.74, 6) is 0. The molecule has 0 spiro atoms. The second-order valence-corrected chi connectivity index (χ2v) is 4.07. The Morgan fingerprint density at radius 2 is 1.15 bits per heavy atom. The van der Waals surface area contributed by atoms with Crippen molar-refractivity contribution in [3.63, 3.8) is 0 Å². The van der Waals surface area contributed by atoms with Crippen molar-refractivity contribution in [1.29, 1.82) is 0 Å². The molecule has 0 fully saturated rings. The minimum Gasteiger partial charge on any atom is -0.515 e. The summed E-state index contributed by atoms with van der Waals surface area (Å²) >= 11 is 0. The van der Waals surface area contributed by atoms with E-state index in [2.05, 4.69) is 0 Å². The predicted octanol–water partition coefficient (Wildman–Crippen LogP) is -0.365. The third-order valence-corrected chi connectivity index (χ3v) is 2.92. The van der Waals surface area contributed by atoms with Crippen molar-refractivity contribution in [2.75, 3.05) is 0 Å². The van der Waals surface area contributed by atoms with Gasteiger partial charge in [-0.2, -0.15) is 0 Å². The van der Waals surface area contributed by atoms with Gasteiger partial charge >= 0.3 is 0 Å². The van der Waals surface area contributed by atoms with E-state index in [0.29, 0.717) is 12.5 Å². The van der Waals surface area contributed by atoms with Crippen LogP contribution in [0.2, 0.25) is 0 Å². The zero-order chi connectivity index (χ0) is 14.3. The Hall–Kier alpha value is -3.02. The Kier molecular flexibility index (Phi) is 2.57. The highest BCUT2D eigenvalue weighted by Gasteiger charge is 2.04. The van der Waals surface area contributed by atoms with E-state index in [1.54, 1.807) is 0 Å². The number of aliphatic hydroxyl groups excluding tert-OH is 2. The number of aliphatic hydroxyl groups is 2. The summed E-state index contributed by atoms with van der Waals surface area (Å²) in [6.07, 6.45) is 1.27. The van der Waals surface area contributed by atoms with Gasteiger partial charge in [-0.3, -0.25) is 9.59 Å². The summed E-state index contributed by atoms with van der Waals surface area (Å²) in [6.45, 7) is 0. The molecule has 6 heteroatoms. The number of rotatable bonds is 0. The van der Waals surface area contributed by atoms with Crippen LogP contribution in [0.1, 0.15) is 0 Å². The first kappa shape index (κ1) is 12.0. The second-order valence-electron chi connectivity index (χ2n) is 4.07. The smallest absolute Gasteiger partial charge is 0.192 e. The largest absolute Gasteiger partial charge is 0.515 e. The van der Waals surface area contributed by atoms with Crippen molar-refractivity contribution in [1.82, 2.24) is 0 Å². The highest BCUT2D eigenvalue weighted by molar-refractivity contribution is 5.18. The number of hydrogen-bond donors (Lipinski definition) is 2. The molecule has 1 aliphatic heterocycles. The lowest BCUT2D eigenvalue weighted by atomic mass is 10.3.